The van der Waals surface area contributed by atoms with Gasteiger partial charge in [-0.25, -0.2) is 4.79 Å². The lowest BCUT2D eigenvalue weighted by Crippen LogP contribution is -2.07. The molecule has 0 aromatic carbocycles. The minimum Gasteiger partial charge on any atom is -0.463 e. The second kappa shape index (κ2) is 8.79. The fourth-order valence-corrected chi connectivity index (χ4v) is 1.32. The third-order valence-corrected chi connectivity index (χ3v) is 2.04. The third kappa shape index (κ3) is 5.79. The summed E-state index contributed by atoms with van der Waals surface area (Å²) in [5.74, 6) is -0.134. The molecule has 0 heterocycles. The Kier molecular flexibility index (Phi) is 8.30. The number of unbranched alkanes of at least 4 members (excludes halogenated alkanes) is 2. The van der Waals surface area contributed by atoms with Gasteiger partial charge < -0.3 is 4.74 Å². The quantitative estimate of drug-likeness (QED) is 0.356. The van der Waals surface area contributed by atoms with Crippen molar-refractivity contribution in [3.63, 3.8) is 0 Å². The van der Waals surface area contributed by atoms with Gasteiger partial charge in [-0.1, -0.05) is 32.8 Å². The van der Waals surface area contributed by atoms with Gasteiger partial charge in [-0.2, -0.15) is 0 Å². The van der Waals surface area contributed by atoms with Crippen molar-refractivity contribution < 1.29 is 9.53 Å². The molecule has 0 atom stereocenters. The maximum Gasteiger partial charge on any atom is 0.333 e. The normalized spacial score (nSPS) is 11.5. The van der Waals surface area contributed by atoms with Crippen LogP contribution in [0.4, 0.5) is 0 Å². The molecule has 0 aromatic rings. The Balaban J connectivity index is 4.02. The van der Waals surface area contributed by atoms with Crippen molar-refractivity contribution in [1.82, 2.24) is 0 Å². The van der Waals surface area contributed by atoms with Crippen molar-refractivity contribution in [1.29, 1.82) is 0 Å². The Hall–Kier alpha value is -0.790. The van der Waals surface area contributed by atoms with Gasteiger partial charge in [0.2, 0.25) is 0 Å². The van der Waals surface area contributed by atoms with E-state index in [9.17, 15) is 4.79 Å². The fraction of sp³-hybridized carbons (Fsp3) is 0.750. The van der Waals surface area contributed by atoms with Crippen LogP contribution in [-0.2, 0) is 9.53 Å². The Morgan fingerprint density at radius 1 is 1.21 bits per heavy atom. The Morgan fingerprint density at radius 2 is 1.93 bits per heavy atom. The molecule has 0 N–H and O–H groups in total. The van der Waals surface area contributed by atoms with Crippen molar-refractivity contribution in [2.24, 2.45) is 0 Å². The van der Waals surface area contributed by atoms with E-state index in [1.807, 2.05) is 19.9 Å². The van der Waals surface area contributed by atoms with Crippen LogP contribution in [0.1, 0.15) is 52.9 Å². The minimum atomic E-state index is -0.134. The first-order chi connectivity index (χ1) is 6.76. The topological polar surface area (TPSA) is 26.3 Å². The lowest BCUT2D eigenvalue weighted by molar-refractivity contribution is -0.138. The first kappa shape index (κ1) is 13.2. The Morgan fingerprint density at radius 3 is 2.43 bits per heavy atom. The third-order valence-electron chi connectivity index (χ3n) is 2.04. The molecule has 0 unspecified atom stereocenters. The first-order valence-electron chi connectivity index (χ1n) is 5.62. The summed E-state index contributed by atoms with van der Waals surface area (Å²) < 4.78 is 4.98. The maximum absolute atomic E-state index is 11.4. The van der Waals surface area contributed by atoms with E-state index in [1.165, 1.54) is 12.8 Å². The van der Waals surface area contributed by atoms with E-state index < -0.39 is 0 Å². The van der Waals surface area contributed by atoms with E-state index in [2.05, 4.69) is 6.92 Å². The molecule has 0 amide bonds. The van der Waals surface area contributed by atoms with Crippen LogP contribution in [0.2, 0.25) is 0 Å². The van der Waals surface area contributed by atoms with Crippen LogP contribution in [0.5, 0.6) is 0 Å². The predicted molar refractivity (Wildman–Crippen MR) is 59.1 cm³/mol. The summed E-state index contributed by atoms with van der Waals surface area (Å²) in [6, 6.07) is 0. The molecule has 0 bridgehead atoms. The molecule has 0 saturated carbocycles. The molecule has 0 rings (SSSR count). The van der Waals surface area contributed by atoms with E-state index in [-0.39, 0.29) is 5.97 Å². The predicted octanol–water partition coefficient (Wildman–Crippen LogP) is 3.47. The summed E-state index contributed by atoms with van der Waals surface area (Å²) >= 11 is 0. The number of rotatable bonds is 7. The molecule has 0 fully saturated rings. The van der Waals surface area contributed by atoms with E-state index in [0.717, 1.165) is 24.8 Å². The highest BCUT2D eigenvalue weighted by molar-refractivity contribution is 5.88. The van der Waals surface area contributed by atoms with Gasteiger partial charge >= 0.3 is 5.97 Å². The Bertz CT molecular complexity index is 183. The average Bonchev–Trinajstić information content (AvgIpc) is 2.17. The largest absolute Gasteiger partial charge is 0.463 e. The average molecular weight is 198 g/mol. The number of hydrogen-bond acceptors (Lipinski definition) is 2. The maximum atomic E-state index is 11.4. The van der Waals surface area contributed by atoms with Gasteiger partial charge in [-0.05, 0) is 26.2 Å². The lowest BCUT2D eigenvalue weighted by Gasteiger charge is -2.06. The number of carbonyl (C=O) groups excluding carboxylic acids is 1. The number of hydrogen-bond donors (Lipinski definition) is 0. The van der Waals surface area contributed by atoms with Crippen LogP contribution < -0.4 is 0 Å². The summed E-state index contributed by atoms with van der Waals surface area (Å²) in [4.78, 5) is 11.4. The van der Waals surface area contributed by atoms with Crippen molar-refractivity contribution in [3.8, 4) is 0 Å². The van der Waals surface area contributed by atoms with E-state index in [1.54, 1.807) is 0 Å². The number of carbonyl (C=O) groups is 1. The van der Waals surface area contributed by atoms with Crippen molar-refractivity contribution in [3.05, 3.63) is 11.6 Å². The van der Waals surface area contributed by atoms with Crippen molar-refractivity contribution in [2.45, 2.75) is 52.9 Å². The molecular formula is C12H22O2. The zero-order chi connectivity index (χ0) is 10.8. The zero-order valence-electron chi connectivity index (χ0n) is 9.64. The molecule has 2 heteroatoms. The highest BCUT2D eigenvalue weighted by Crippen LogP contribution is 2.11. The molecule has 0 spiro atoms. The second-order valence-electron chi connectivity index (χ2n) is 3.32. The van der Waals surface area contributed by atoms with Gasteiger partial charge in [0.15, 0.2) is 0 Å². The van der Waals surface area contributed by atoms with Gasteiger partial charge in [-0.3, -0.25) is 0 Å². The zero-order valence-corrected chi connectivity index (χ0v) is 9.64. The number of esters is 1. The lowest BCUT2D eigenvalue weighted by atomic mass is 10.1. The molecule has 0 saturated heterocycles. The molecule has 14 heavy (non-hydrogen) atoms. The van der Waals surface area contributed by atoms with Crippen LogP contribution in [0, 0.1) is 0 Å². The monoisotopic (exact) mass is 198 g/mol. The molecule has 82 valence electrons. The van der Waals surface area contributed by atoms with Gasteiger partial charge in [0.1, 0.15) is 0 Å². The summed E-state index contributed by atoms with van der Waals surface area (Å²) in [5, 5.41) is 0. The summed E-state index contributed by atoms with van der Waals surface area (Å²) in [7, 11) is 0. The molecule has 0 aliphatic rings. The van der Waals surface area contributed by atoms with Crippen molar-refractivity contribution in [2.75, 3.05) is 6.61 Å². The molecule has 0 aromatic heterocycles. The van der Waals surface area contributed by atoms with Gasteiger partial charge in [0, 0.05) is 5.57 Å². The smallest absolute Gasteiger partial charge is 0.333 e. The molecule has 0 radical (unpaired) electrons. The first-order valence-corrected chi connectivity index (χ1v) is 5.62. The highest BCUT2D eigenvalue weighted by atomic mass is 16.5. The highest BCUT2D eigenvalue weighted by Gasteiger charge is 2.08. The molecule has 0 aliphatic carbocycles. The molecule has 2 nitrogen and oxygen atoms in total. The van der Waals surface area contributed by atoms with Gasteiger partial charge in [0.25, 0.3) is 0 Å². The second-order valence-corrected chi connectivity index (χ2v) is 3.32. The fourth-order valence-electron chi connectivity index (χ4n) is 1.32. The molecule has 0 aliphatic heterocycles. The van der Waals surface area contributed by atoms with Crippen LogP contribution in [0.3, 0.4) is 0 Å². The van der Waals surface area contributed by atoms with Crippen molar-refractivity contribution >= 4 is 5.97 Å². The number of ether oxygens (including phenoxy) is 1. The van der Waals surface area contributed by atoms with E-state index >= 15 is 0 Å². The SMILES string of the molecule is CCC=C(CCCCC)C(=O)OCC. The van der Waals surface area contributed by atoms with Crippen LogP contribution in [0.15, 0.2) is 11.6 Å². The van der Waals surface area contributed by atoms with E-state index in [0.29, 0.717) is 6.61 Å². The van der Waals surface area contributed by atoms with Gasteiger partial charge in [0.05, 0.1) is 6.61 Å². The van der Waals surface area contributed by atoms with E-state index in [4.69, 9.17) is 4.74 Å². The Labute approximate surface area is 87.3 Å². The van der Waals surface area contributed by atoms with Crippen LogP contribution >= 0.6 is 0 Å². The molecular weight excluding hydrogens is 176 g/mol. The minimum absolute atomic E-state index is 0.134. The summed E-state index contributed by atoms with van der Waals surface area (Å²) in [6.45, 7) is 6.51. The van der Waals surface area contributed by atoms with Crippen LogP contribution in [0.25, 0.3) is 0 Å². The summed E-state index contributed by atoms with van der Waals surface area (Å²) in [6.07, 6.45) is 7.19. The van der Waals surface area contributed by atoms with Gasteiger partial charge in [-0.15, -0.1) is 0 Å². The number of allylic oxidation sites excluding steroid dienone is 1. The standard InChI is InChI=1S/C12H22O2/c1-4-7-8-10-11(9-5-2)12(13)14-6-3/h9H,4-8,10H2,1-3H3. The summed E-state index contributed by atoms with van der Waals surface area (Å²) in [5.41, 5.74) is 0.850. The van der Waals surface area contributed by atoms with Crippen LogP contribution in [-0.4, -0.2) is 12.6 Å².